The number of aromatic nitrogens is 3. The van der Waals surface area contributed by atoms with Gasteiger partial charge in [-0.05, 0) is 42.5 Å². The van der Waals surface area contributed by atoms with E-state index in [4.69, 9.17) is 14.5 Å². The summed E-state index contributed by atoms with van der Waals surface area (Å²) in [6.07, 6.45) is 0. The molecule has 6 nitrogen and oxygen atoms in total. The zero-order chi connectivity index (χ0) is 17.8. The van der Waals surface area contributed by atoms with Gasteiger partial charge in [-0.2, -0.15) is 5.10 Å². The summed E-state index contributed by atoms with van der Waals surface area (Å²) >= 11 is 0. The molecule has 0 unspecified atom stereocenters. The number of rotatable bonds is 7. The Morgan fingerprint density at radius 1 is 1.12 bits per heavy atom. The molecule has 1 aromatic carbocycles. The Kier molecular flexibility index (Phi) is 5.19. The van der Waals surface area contributed by atoms with Crippen LogP contribution in [0.2, 0.25) is 0 Å². The summed E-state index contributed by atoms with van der Waals surface area (Å²) in [7, 11) is 1.67. The molecule has 0 spiro atoms. The first-order valence-electron chi connectivity index (χ1n) is 8.42. The predicted molar refractivity (Wildman–Crippen MR) is 99.8 cm³/mol. The van der Waals surface area contributed by atoms with Crippen molar-refractivity contribution in [1.29, 1.82) is 0 Å². The van der Waals surface area contributed by atoms with E-state index >= 15 is 0 Å². The molecule has 3 aromatic rings. The Balaban J connectivity index is 1.96. The molecule has 0 aliphatic heterocycles. The van der Waals surface area contributed by atoms with Crippen LogP contribution in [0.15, 0.2) is 30.3 Å². The fourth-order valence-corrected chi connectivity index (χ4v) is 2.71. The second kappa shape index (κ2) is 7.53. The van der Waals surface area contributed by atoms with Gasteiger partial charge in [0.1, 0.15) is 18.2 Å². The third-order valence-corrected chi connectivity index (χ3v) is 3.90. The SMILES string of the molecule is COCCOc1ccc2c(C(C)C)nc(Nc3cc(C)[nH]n3)cc2c1. The Morgan fingerprint density at radius 2 is 1.96 bits per heavy atom. The standard InChI is InChI=1S/C19H24N4O2/c1-12(2)19-16-6-5-15(25-8-7-24-4)10-14(16)11-17(21-19)20-18-9-13(3)22-23-18/h5-6,9-12H,7-8H2,1-4H3,(H2,20,21,22,23). The minimum absolute atomic E-state index is 0.311. The summed E-state index contributed by atoms with van der Waals surface area (Å²) < 4.78 is 10.8. The lowest BCUT2D eigenvalue weighted by molar-refractivity contribution is 0.146. The van der Waals surface area contributed by atoms with Crippen LogP contribution in [0.5, 0.6) is 5.75 Å². The Morgan fingerprint density at radius 3 is 2.64 bits per heavy atom. The molecule has 0 aliphatic rings. The van der Waals surface area contributed by atoms with E-state index in [1.807, 2.05) is 31.2 Å². The molecule has 3 rings (SSSR count). The van der Waals surface area contributed by atoms with Crippen molar-refractivity contribution in [3.8, 4) is 5.75 Å². The van der Waals surface area contributed by atoms with Crippen molar-refractivity contribution < 1.29 is 9.47 Å². The van der Waals surface area contributed by atoms with Gasteiger partial charge in [-0.15, -0.1) is 0 Å². The van der Waals surface area contributed by atoms with Crippen LogP contribution in [0.3, 0.4) is 0 Å². The molecular weight excluding hydrogens is 316 g/mol. The summed E-state index contributed by atoms with van der Waals surface area (Å²) in [5.41, 5.74) is 2.05. The van der Waals surface area contributed by atoms with Crippen molar-refractivity contribution >= 4 is 22.4 Å². The molecule has 25 heavy (non-hydrogen) atoms. The van der Waals surface area contributed by atoms with E-state index in [0.29, 0.717) is 19.1 Å². The molecule has 0 saturated carbocycles. The van der Waals surface area contributed by atoms with E-state index in [0.717, 1.165) is 39.5 Å². The topological polar surface area (TPSA) is 72.1 Å². The van der Waals surface area contributed by atoms with E-state index in [-0.39, 0.29) is 0 Å². The molecule has 0 aliphatic carbocycles. The Hall–Kier alpha value is -2.60. The number of H-pyrrole nitrogens is 1. The zero-order valence-corrected chi connectivity index (χ0v) is 15.1. The third-order valence-electron chi connectivity index (χ3n) is 3.90. The van der Waals surface area contributed by atoms with Crippen molar-refractivity contribution in [2.24, 2.45) is 0 Å². The highest BCUT2D eigenvalue weighted by atomic mass is 16.5. The van der Waals surface area contributed by atoms with Gasteiger partial charge in [0.25, 0.3) is 0 Å². The van der Waals surface area contributed by atoms with Crippen LogP contribution in [0, 0.1) is 6.92 Å². The number of hydrogen-bond donors (Lipinski definition) is 2. The maximum atomic E-state index is 5.73. The number of aryl methyl sites for hydroxylation is 1. The first-order valence-corrected chi connectivity index (χ1v) is 8.42. The molecule has 2 aromatic heterocycles. The molecule has 0 saturated heterocycles. The van der Waals surface area contributed by atoms with Crippen molar-refractivity contribution in [3.63, 3.8) is 0 Å². The van der Waals surface area contributed by atoms with Gasteiger partial charge in [0, 0.05) is 24.3 Å². The van der Waals surface area contributed by atoms with E-state index in [1.54, 1.807) is 7.11 Å². The molecule has 132 valence electrons. The molecule has 0 amide bonds. The molecule has 6 heteroatoms. The molecule has 0 fully saturated rings. The highest BCUT2D eigenvalue weighted by molar-refractivity contribution is 5.88. The highest BCUT2D eigenvalue weighted by Crippen LogP contribution is 2.30. The molecule has 0 radical (unpaired) electrons. The quantitative estimate of drug-likeness (QED) is 0.632. The second-order valence-electron chi connectivity index (χ2n) is 6.33. The van der Waals surface area contributed by atoms with Crippen molar-refractivity contribution in [2.75, 3.05) is 25.6 Å². The van der Waals surface area contributed by atoms with Gasteiger partial charge < -0.3 is 14.8 Å². The predicted octanol–water partition coefficient (Wildman–Crippen LogP) is 4.16. The number of nitrogens with one attached hydrogen (secondary N) is 2. The number of aromatic amines is 1. The summed E-state index contributed by atoms with van der Waals surface area (Å²) in [4.78, 5) is 4.78. The average Bonchev–Trinajstić information content (AvgIpc) is 2.99. The molecule has 0 bridgehead atoms. The maximum Gasteiger partial charge on any atom is 0.153 e. The Bertz CT molecular complexity index is 858. The van der Waals surface area contributed by atoms with Crippen molar-refractivity contribution in [1.82, 2.24) is 15.2 Å². The monoisotopic (exact) mass is 340 g/mol. The average molecular weight is 340 g/mol. The van der Waals surface area contributed by atoms with E-state index in [9.17, 15) is 0 Å². The highest BCUT2D eigenvalue weighted by Gasteiger charge is 2.11. The van der Waals surface area contributed by atoms with Gasteiger partial charge in [-0.25, -0.2) is 4.98 Å². The number of fused-ring (bicyclic) bond motifs is 1. The lowest BCUT2D eigenvalue weighted by atomic mass is 10.0. The van der Waals surface area contributed by atoms with Crippen LogP contribution in [-0.2, 0) is 4.74 Å². The molecule has 2 heterocycles. The van der Waals surface area contributed by atoms with Crippen molar-refractivity contribution in [3.05, 3.63) is 41.7 Å². The van der Waals surface area contributed by atoms with Gasteiger partial charge in [0.15, 0.2) is 5.82 Å². The number of nitrogens with zero attached hydrogens (tertiary/aromatic N) is 2. The fourth-order valence-electron chi connectivity index (χ4n) is 2.71. The smallest absolute Gasteiger partial charge is 0.153 e. The lowest BCUT2D eigenvalue weighted by Gasteiger charge is -2.14. The third kappa shape index (κ3) is 4.09. The first-order chi connectivity index (χ1) is 12.1. The fraction of sp³-hybridized carbons (Fsp3) is 0.368. The van der Waals surface area contributed by atoms with Crippen LogP contribution in [0.4, 0.5) is 11.6 Å². The number of methoxy groups -OCH3 is 1. The van der Waals surface area contributed by atoms with Crippen LogP contribution >= 0.6 is 0 Å². The van der Waals surface area contributed by atoms with E-state index < -0.39 is 0 Å². The second-order valence-corrected chi connectivity index (χ2v) is 6.33. The van der Waals surface area contributed by atoms with Crippen molar-refractivity contribution in [2.45, 2.75) is 26.7 Å². The number of ether oxygens (including phenoxy) is 2. The largest absolute Gasteiger partial charge is 0.491 e. The van der Waals surface area contributed by atoms with Gasteiger partial charge in [0.2, 0.25) is 0 Å². The normalized spacial score (nSPS) is 11.2. The molecule has 0 atom stereocenters. The summed E-state index contributed by atoms with van der Waals surface area (Å²) in [5.74, 6) is 2.67. The van der Waals surface area contributed by atoms with Crippen LogP contribution in [0.1, 0.15) is 31.2 Å². The molecular formula is C19H24N4O2. The van der Waals surface area contributed by atoms with Crippen LogP contribution in [0.25, 0.3) is 10.8 Å². The summed E-state index contributed by atoms with van der Waals surface area (Å²) in [6, 6.07) is 10.1. The van der Waals surface area contributed by atoms with Gasteiger partial charge >= 0.3 is 0 Å². The molecule has 2 N–H and O–H groups in total. The minimum atomic E-state index is 0.311. The minimum Gasteiger partial charge on any atom is -0.491 e. The zero-order valence-electron chi connectivity index (χ0n) is 15.1. The van der Waals surface area contributed by atoms with Gasteiger partial charge in [-0.3, -0.25) is 5.10 Å². The Labute approximate surface area is 147 Å². The number of pyridine rings is 1. The first kappa shape index (κ1) is 17.2. The lowest BCUT2D eigenvalue weighted by Crippen LogP contribution is -2.04. The van der Waals surface area contributed by atoms with E-state index in [2.05, 4.69) is 35.4 Å². The van der Waals surface area contributed by atoms with Crippen LogP contribution in [-0.4, -0.2) is 35.5 Å². The maximum absolute atomic E-state index is 5.73. The van der Waals surface area contributed by atoms with Crippen LogP contribution < -0.4 is 10.1 Å². The summed E-state index contributed by atoms with van der Waals surface area (Å²) in [5, 5.41) is 12.6. The van der Waals surface area contributed by atoms with Gasteiger partial charge in [0.05, 0.1) is 12.3 Å². The summed E-state index contributed by atoms with van der Waals surface area (Å²) in [6.45, 7) is 7.36. The number of hydrogen-bond acceptors (Lipinski definition) is 5. The van der Waals surface area contributed by atoms with Gasteiger partial charge in [-0.1, -0.05) is 13.8 Å². The van der Waals surface area contributed by atoms with E-state index in [1.165, 1.54) is 0 Å². The number of benzene rings is 1. The number of anilines is 2.